The molecule has 2 rings (SSSR count). The summed E-state index contributed by atoms with van der Waals surface area (Å²) in [6, 6.07) is 3.81. The Hall–Kier alpha value is -1.58. The number of urea groups is 1. The van der Waals surface area contributed by atoms with E-state index >= 15 is 0 Å². The van der Waals surface area contributed by atoms with E-state index in [1.54, 1.807) is 12.4 Å². The van der Waals surface area contributed by atoms with Gasteiger partial charge in [-0.1, -0.05) is 27.2 Å². The van der Waals surface area contributed by atoms with Crippen LogP contribution >= 0.6 is 0 Å². The van der Waals surface area contributed by atoms with Gasteiger partial charge in [0, 0.05) is 12.2 Å². The second-order valence-electron chi connectivity index (χ2n) is 6.27. The summed E-state index contributed by atoms with van der Waals surface area (Å²) in [6.45, 7) is 6.76. The first kappa shape index (κ1) is 14.8. The van der Waals surface area contributed by atoms with Crippen molar-refractivity contribution in [3.05, 3.63) is 24.5 Å². The second-order valence-corrected chi connectivity index (χ2v) is 6.27. The van der Waals surface area contributed by atoms with Gasteiger partial charge in [-0.05, 0) is 42.7 Å². The van der Waals surface area contributed by atoms with E-state index in [2.05, 4.69) is 36.4 Å². The van der Waals surface area contributed by atoms with E-state index in [4.69, 9.17) is 0 Å². The zero-order valence-corrected chi connectivity index (χ0v) is 12.6. The fourth-order valence-electron chi connectivity index (χ4n) is 3.14. The van der Waals surface area contributed by atoms with E-state index in [-0.39, 0.29) is 12.1 Å². The highest BCUT2D eigenvalue weighted by atomic mass is 16.2. The maximum Gasteiger partial charge on any atom is 0.319 e. The van der Waals surface area contributed by atoms with Gasteiger partial charge in [-0.3, -0.25) is 4.98 Å². The molecule has 4 heteroatoms. The Morgan fingerprint density at radius 3 is 2.85 bits per heavy atom. The molecular formula is C16H25N3O. The predicted molar refractivity (Wildman–Crippen MR) is 81.5 cm³/mol. The molecule has 0 saturated heterocycles. The minimum Gasteiger partial charge on any atom is -0.335 e. The molecule has 0 aromatic carbocycles. The Morgan fingerprint density at radius 1 is 1.40 bits per heavy atom. The Balaban J connectivity index is 1.94. The minimum absolute atomic E-state index is 0.122. The zero-order chi connectivity index (χ0) is 14.5. The first-order valence-electron chi connectivity index (χ1n) is 7.53. The molecule has 2 amide bonds. The molecule has 1 aliphatic carbocycles. The van der Waals surface area contributed by atoms with Crippen LogP contribution in [0, 0.1) is 17.8 Å². The number of carbonyl (C=O) groups is 1. The maximum atomic E-state index is 12.1. The number of nitrogens with zero attached hydrogens (tertiary/aromatic N) is 1. The lowest BCUT2D eigenvalue weighted by atomic mass is 9.74. The molecule has 0 bridgehead atoms. The van der Waals surface area contributed by atoms with Crippen LogP contribution in [-0.4, -0.2) is 17.1 Å². The number of carbonyl (C=O) groups excluding carboxylic acids is 1. The lowest BCUT2D eigenvalue weighted by molar-refractivity contribution is 0.172. The highest BCUT2D eigenvalue weighted by Gasteiger charge is 2.31. The molecule has 1 aromatic rings. The Bertz CT molecular complexity index is 433. The third kappa shape index (κ3) is 3.95. The van der Waals surface area contributed by atoms with Crippen LogP contribution in [-0.2, 0) is 0 Å². The molecule has 0 aliphatic heterocycles. The van der Waals surface area contributed by atoms with E-state index in [1.807, 2.05) is 12.1 Å². The number of hydrogen-bond donors (Lipinski definition) is 2. The fourth-order valence-corrected chi connectivity index (χ4v) is 3.14. The van der Waals surface area contributed by atoms with Gasteiger partial charge in [0.1, 0.15) is 0 Å². The van der Waals surface area contributed by atoms with Gasteiger partial charge in [-0.25, -0.2) is 4.79 Å². The number of pyridine rings is 1. The predicted octanol–water partition coefficient (Wildman–Crippen LogP) is 3.66. The standard InChI is InChI=1S/C16H25N3O/c1-11(2)14-7-6-12(3)9-15(14)19-16(20)18-13-5-4-8-17-10-13/h4-5,8,10-12,14-15H,6-7,9H2,1-3H3,(H2,18,19,20). The Kier molecular flexibility index (Phi) is 4.99. The molecule has 4 nitrogen and oxygen atoms in total. The van der Waals surface area contributed by atoms with Crippen LogP contribution in [0.2, 0.25) is 0 Å². The molecule has 2 N–H and O–H groups in total. The highest BCUT2D eigenvalue weighted by Crippen LogP contribution is 2.33. The molecule has 1 aliphatic rings. The molecule has 110 valence electrons. The monoisotopic (exact) mass is 275 g/mol. The van der Waals surface area contributed by atoms with Crippen LogP contribution in [0.4, 0.5) is 10.5 Å². The molecule has 20 heavy (non-hydrogen) atoms. The molecule has 0 radical (unpaired) electrons. The normalized spacial score (nSPS) is 26.3. The Morgan fingerprint density at radius 2 is 2.20 bits per heavy atom. The van der Waals surface area contributed by atoms with Crippen molar-refractivity contribution in [2.45, 2.75) is 46.1 Å². The van der Waals surface area contributed by atoms with Gasteiger partial charge >= 0.3 is 6.03 Å². The summed E-state index contributed by atoms with van der Waals surface area (Å²) < 4.78 is 0. The average Bonchev–Trinajstić information content (AvgIpc) is 2.39. The summed E-state index contributed by atoms with van der Waals surface area (Å²) in [6.07, 6.45) is 6.90. The van der Waals surface area contributed by atoms with Gasteiger partial charge in [0.15, 0.2) is 0 Å². The van der Waals surface area contributed by atoms with Crippen LogP contribution in [0.3, 0.4) is 0 Å². The van der Waals surface area contributed by atoms with Gasteiger partial charge in [-0.2, -0.15) is 0 Å². The summed E-state index contributed by atoms with van der Waals surface area (Å²) in [4.78, 5) is 16.1. The summed E-state index contributed by atoms with van der Waals surface area (Å²) >= 11 is 0. The van der Waals surface area contributed by atoms with Crippen molar-refractivity contribution >= 4 is 11.7 Å². The quantitative estimate of drug-likeness (QED) is 0.884. The molecule has 3 unspecified atom stereocenters. The molecule has 1 saturated carbocycles. The van der Waals surface area contributed by atoms with Crippen molar-refractivity contribution in [1.29, 1.82) is 0 Å². The van der Waals surface area contributed by atoms with E-state index in [0.29, 0.717) is 17.8 Å². The molecular weight excluding hydrogens is 250 g/mol. The summed E-state index contributed by atoms with van der Waals surface area (Å²) in [7, 11) is 0. The molecule has 1 aromatic heterocycles. The van der Waals surface area contributed by atoms with Crippen LogP contribution in [0.1, 0.15) is 40.0 Å². The smallest absolute Gasteiger partial charge is 0.319 e. The summed E-state index contributed by atoms with van der Waals surface area (Å²) in [5.41, 5.74) is 0.731. The van der Waals surface area contributed by atoms with Crippen molar-refractivity contribution in [2.75, 3.05) is 5.32 Å². The number of rotatable bonds is 3. The zero-order valence-electron chi connectivity index (χ0n) is 12.6. The third-order valence-electron chi connectivity index (χ3n) is 4.26. The van der Waals surface area contributed by atoms with Crippen molar-refractivity contribution in [3.8, 4) is 0 Å². The minimum atomic E-state index is -0.122. The number of amides is 2. The number of aromatic nitrogens is 1. The van der Waals surface area contributed by atoms with Crippen molar-refractivity contribution in [1.82, 2.24) is 10.3 Å². The van der Waals surface area contributed by atoms with Crippen molar-refractivity contribution in [2.24, 2.45) is 17.8 Å². The second kappa shape index (κ2) is 6.73. The number of anilines is 1. The van der Waals surface area contributed by atoms with Crippen molar-refractivity contribution < 1.29 is 4.79 Å². The van der Waals surface area contributed by atoms with Crippen molar-refractivity contribution in [3.63, 3.8) is 0 Å². The molecule has 1 fully saturated rings. The van der Waals surface area contributed by atoms with Crippen LogP contribution in [0.15, 0.2) is 24.5 Å². The van der Waals surface area contributed by atoms with Gasteiger partial charge < -0.3 is 10.6 Å². The van der Waals surface area contributed by atoms with Gasteiger partial charge in [0.2, 0.25) is 0 Å². The SMILES string of the molecule is CC1CCC(C(C)C)C(NC(=O)Nc2cccnc2)C1. The number of nitrogens with one attached hydrogen (secondary N) is 2. The Labute approximate surface area is 121 Å². The summed E-state index contributed by atoms with van der Waals surface area (Å²) in [5, 5.41) is 6.00. The first-order valence-corrected chi connectivity index (χ1v) is 7.53. The largest absolute Gasteiger partial charge is 0.335 e. The highest BCUT2D eigenvalue weighted by molar-refractivity contribution is 5.89. The molecule has 0 spiro atoms. The average molecular weight is 275 g/mol. The summed E-state index contributed by atoms with van der Waals surface area (Å²) in [5.74, 6) is 1.87. The third-order valence-corrected chi connectivity index (χ3v) is 4.26. The number of hydrogen-bond acceptors (Lipinski definition) is 2. The van der Waals surface area contributed by atoms with E-state index in [1.165, 1.54) is 12.8 Å². The van der Waals surface area contributed by atoms with Crippen LogP contribution in [0.25, 0.3) is 0 Å². The molecule has 3 atom stereocenters. The fraction of sp³-hybridized carbons (Fsp3) is 0.625. The van der Waals surface area contributed by atoms with Crippen LogP contribution in [0.5, 0.6) is 0 Å². The topological polar surface area (TPSA) is 54.0 Å². The van der Waals surface area contributed by atoms with E-state index in [9.17, 15) is 4.79 Å². The van der Waals surface area contributed by atoms with Gasteiger partial charge in [0.05, 0.1) is 11.9 Å². The van der Waals surface area contributed by atoms with E-state index < -0.39 is 0 Å². The first-order chi connectivity index (χ1) is 9.56. The van der Waals surface area contributed by atoms with Crippen LogP contribution < -0.4 is 10.6 Å². The molecule has 1 heterocycles. The maximum absolute atomic E-state index is 12.1. The van der Waals surface area contributed by atoms with Gasteiger partial charge in [-0.15, -0.1) is 0 Å². The van der Waals surface area contributed by atoms with E-state index in [0.717, 1.165) is 12.1 Å². The lowest BCUT2D eigenvalue weighted by Crippen LogP contribution is -2.47. The van der Waals surface area contributed by atoms with Gasteiger partial charge in [0.25, 0.3) is 0 Å². The lowest BCUT2D eigenvalue weighted by Gasteiger charge is -2.37.